The number of hydrogen-bond acceptors (Lipinski definition) is 4. The van der Waals surface area contributed by atoms with Crippen LogP contribution in [-0.4, -0.2) is 63.1 Å². The number of aliphatic hydroxyl groups excluding tert-OH is 1. The van der Waals surface area contributed by atoms with Gasteiger partial charge in [-0.1, -0.05) is 13.3 Å². The third kappa shape index (κ3) is 8.81. The summed E-state index contributed by atoms with van der Waals surface area (Å²) in [6.07, 6.45) is 1.91. The van der Waals surface area contributed by atoms with Crippen LogP contribution in [0.15, 0.2) is 0 Å². The monoisotopic (exact) mass is 218 g/mol. The molecule has 0 fully saturated rings. The molecule has 0 rings (SSSR count). The molecule has 2 unspecified atom stereocenters. The molecule has 15 heavy (non-hydrogen) atoms. The van der Waals surface area contributed by atoms with Gasteiger partial charge in [-0.05, 0) is 20.5 Å². The first kappa shape index (κ1) is 14.8. The van der Waals surface area contributed by atoms with E-state index in [1.54, 1.807) is 7.11 Å². The SMILES string of the molecule is CCCC(COC)NCC(O)CN(C)C. The average molecular weight is 218 g/mol. The van der Waals surface area contributed by atoms with Crippen molar-refractivity contribution in [2.24, 2.45) is 0 Å². The number of methoxy groups -OCH3 is 1. The number of nitrogens with one attached hydrogen (secondary N) is 1. The number of hydrogen-bond donors (Lipinski definition) is 2. The fourth-order valence-electron chi connectivity index (χ4n) is 1.58. The standard InChI is InChI=1S/C11H26N2O2/c1-5-6-10(9-15-4)12-7-11(14)8-13(2)3/h10-12,14H,5-9H2,1-4H3. The molecule has 0 aliphatic carbocycles. The molecule has 0 heterocycles. The molecule has 0 aliphatic heterocycles. The summed E-state index contributed by atoms with van der Waals surface area (Å²) in [6, 6.07) is 0.358. The predicted molar refractivity (Wildman–Crippen MR) is 63.1 cm³/mol. The molecule has 0 saturated heterocycles. The molecule has 0 saturated carbocycles. The molecule has 92 valence electrons. The highest BCUT2D eigenvalue weighted by Gasteiger charge is 2.10. The molecule has 4 nitrogen and oxygen atoms in total. The second-order valence-electron chi connectivity index (χ2n) is 4.27. The van der Waals surface area contributed by atoms with Gasteiger partial charge in [-0.15, -0.1) is 0 Å². The highest BCUT2D eigenvalue weighted by Crippen LogP contribution is 1.97. The van der Waals surface area contributed by atoms with E-state index in [-0.39, 0.29) is 6.10 Å². The maximum absolute atomic E-state index is 9.66. The molecule has 2 atom stereocenters. The van der Waals surface area contributed by atoms with E-state index in [1.165, 1.54) is 0 Å². The molecule has 0 bridgehead atoms. The molecule has 0 radical (unpaired) electrons. The Bertz CT molecular complexity index is 137. The summed E-state index contributed by atoms with van der Waals surface area (Å²) >= 11 is 0. The minimum Gasteiger partial charge on any atom is -0.390 e. The van der Waals surface area contributed by atoms with Crippen LogP contribution in [0.3, 0.4) is 0 Å². The van der Waals surface area contributed by atoms with Gasteiger partial charge in [0.25, 0.3) is 0 Å². The van der Waals surface area contributed by atoms with Gasteiger partial charge in [-0.3, -0.25) is 0 Å². The van der Waals surface area contributed by atoms with Gasteiger partial charge in [-0.25, -0.2) is 0 Å². The van der Waals surface area contributed by atoms with Gasteiger partial charge in [0.2, 0.25) is 0 Å². The summed E-state index contributed by atoms with van der Waals surface area (Å²) in [5.74, 6) is 0. The quantitative estimate of drug-likeness (QED) is 0.585. The highest BCUT2D eigenvalue weighted by atomic mass is 16.5. The van der Waals surface area contributed by atoms with Crippen molar-refractivity contribution in [2.45, 2.75) is 31.9 Å². The first-order valence-electron chi connectivity index (χ1n) is 5.65. The van der Waals surface area contributed by atoms with E-state index in [4.69, 9.17) is 4.74 Å². The van der Waals surface area contributed by atoms with Crippen molar-refractivity contribution in [3.63, 3.8) is 0 Å². The van der Waals surface area contributed by atoms with Crippen molar-refractivity contribution < 1.29 is 9.84 Å². The Kier molecular flexibility index (Phi) is 9.00. The first-order chi connectivity index (χ1) is 7.10. The third-order valence-electron chi connectivity index (χ3n) is 2.22. The summed E-state index contributed by atoms with van der Waals surface area (Å²) in [6.45, 7) is 4.19. The molecule has 0 aliphatic rings. The molecule has 0 aromatic heterocycles. The van der Waals surface area contributed by atoms with Gasteiger partial charge in [0, 0.05) is 26.2 Å². The van der Waals surface area contributed by atoms with Crippen LogP contribution in [0.1, 0.15) is 19.8 Å². The fourth-order valence-corrected chi connectivity index (χ4v) is 1.58. The molecule has 0 amide bonds. The van der Waals surface area contributed by atoms with E-state index >= 15 is 0 Å². The Labute approximate surface area is 93.6 Å². The Morgan fingerprint density at radius 2 is 2.07 bits per heavy atom. The topological polar surface area (TPSA) is 44.7 Å². The summed E-state index contributed by atoms with van der Waals surface area (Å²) in [7, 11) is 5.63. The average Bonchev–Trinajstić information content (AvgIpc) is 2.14. The van der Waals surface area contributed by atoms with Gasteiger partial charge in [0.15, 0.2) is 0 Å². The van der Waals surface area contributed by atoms with Crippen LogP contribution in [0.2, 0.25) is 0 Å². The number of aliphatic hydroxyl groups is 1. The van der Waals surface area contributed by atoms with Crippen LogP contribution >= 0.6 is 0 Å². The number of rotatable bonds is 9. The second kappa shape index (κ2) is 9.09. The van der Waals surface area contributed by atoms with E-state index in [0.29, 0.717) is 25.7 Å². The molecule has 4 heteroatoms. The summed E-state index contributed by atoms with van der Waals surface area (Å²) < 4.78 is 5.12. The van der Waals surface area contributed by atoms with Crippen molar-refractivity contribution >= 4 is 0 Å². The predicted octanol–water partition coefficient (Wildman–Crippen LogP) is 0.314. The highest BCUT2D eigenvalue weighted by molar-refractivity contribution is 4.69. The van der Waals surface area contributed by atoms with Crippen molar-refractivity contribution in [3.05, 3.63) is 0 Å². The van der Waals surface area contributed by atoms with Crippen molar-refractivity contribution in [2.75, 3.05) is 40.9 Å². The van der Waals surface area contributed by atoms with Crippen LogP contribution in [0.4, 0.5) is 0 Å². The maximum Gasteiger partial charge on any atom is 0.0791 e. The Morgan fingerprint density at radius 3 is 2.53 bits per heavy atom. The van der Waals surface area contributed by atoms with Gasteiger partial charge in [0.1, 0.15) is 0 Å². The van der Waals surface area contributed by atoms with Crippen LogP contribution in [0, 0.1) is 0 Å². The van der Waals surface area contributed by atoms with Gasteiger partial charge < -0.3 is 20.1 Å². The van der Waals surface area contributed by atoms with E-state index < -0.39 is 0 Å². The van der Waals surface area contributed by atoms with Crippen LogP contribution in [0.25, 0.3) is 0 Å². The lowest BCUT2D eigenvalue weighted by molar-refractivity contribution is 0.116. The lowest BCUT2D eigenvalue weighted by Crippen LogP contribution is -2.41. The Morgan fingerprint density at radius 1 is 1.40 bits per heavy atom. The van der Waals surface area contributed by atoms with Crippen molar-refractivity contribution in [1.29, 1.82) is 0 Å². The van der Waals surface area contributed by atoms with Crippen molar-refractivity contribution in [1.82, 2.24) is 10.2 Å². The molecule has 2 N–H and O–H groups in total. The Hall–Kier alpha value is -0.160. The normalized spacial score (nSPS) is 15.6. The number of nitrogens with zero attached hydrogens (tertiary/aromatic N) is 1. The minimum absolute atomic E-state index is 0.309. The minimum atomic E-state index is -0.309. The number of likely N-dealkylation sites (N-methyl/N-ethyl adjacent to an activating group) is 1. The van der Waals surface area contributed by atoms with Crippen LogP contribution in [-0.2, 0) is 4.74 Å². The van der Waals surface area contributed by atoms with E-state index in [2.05, 4.69) is 12.2 Å². The molecule has 0 spiro atoms. The smallest absolute Gasteiger partial charge is 0.0791 e. The first-order valence-corrected chi connectivity index (χ1v) is 5.65. The molecule has 0 aromatic rings. The Balaban J connectivity index is 3.67. The van der Waals surface area contributed by atoms with Gasteiger partial charge >= 0.3 is 0 Å². The summed E-state index contributed by atoms with van der Waals surface area (Å²) in [4.78, 5) is 1.98. The summed E-state index contributed by atoms with van der Waals surface area (Å²) in [5, 5.41) is 13.0. The maximum atomic E-state index is 9.66. The largest absolute Gasteiger partial charge is 0.390 e. The van der Waals surface area contributed by atoms with E-state index in [0.717, 1.165) is 12.8 Å². The lowest BCUT2D eigenvalue weighted by Gasteiger charge is -2.21. The number of ether oxygens (including phenoxy) is 1. The third-order valence-corrected chi connectivity index (χ3v) is 2.22. The van der Waals surface area contributed by atoms with Crippen LogP contribution in [0.5, 0.6) is 0 Å². The zero-order chi connectivity index (χ0) is 11.7. The fraction of sp³-hybridized carbons (Fsp3) is 1.00. The lowest BCUT2D eigenvalue weighted by atomic mass is 10.1. The van der Waals surface area contributed by atoms with Crippen LogP contribution < -0.4 is 5.32 Å². The second-order valence-corrected chi connectivity index (χ2v) is 4.27. The molecular weight excluding hydrogens is 192 g/mol. The molecular formula is C11H26N2O2. The molecule has 0 aromatic carbocycles. The van der Waals surface area contributed by atoms with Gasteiger partial charge in [-0.2, -0.15) is 0 Å². The summed E-state index contributed by atoms with van der Waals surface area (Å²) in [5.41, 5.74) is 0. The van der Waals surface area contributed by atoms with E-state index in [1.807, 2.05) is 19.0 Å². The van der Waals surface area contributed by atoms with E-state index in [9.17, 15) is 5.11 Å². The zero-order valence-electron chi connectivity index (χ0n) is 10.5. The van der Waals surface area contributed by atoms with Crippen molar-refractivity contribution in [3.8, 4) is 0 Å². The zero-order valence-corrected chi connectivity index (χ0v) is 10.5. The van der Waals surface area contributed by atoms with Gasteiger partial charge in [0.05, 0.1) is 12.7 Å².